The van der Waals surface area contributed by atoms with Crippen LogP contribution in [0, 0.1) is 5.92 Å². The average Bonchev–Trinajstić information content (AvgIpc) is 2.34. The minimum absolute atomic E-state index is 0.168. The van der Waals surface area contributed by atoms with Gasteiger partial charge in [0.25, 0.3) is 0 Å². The first-order valence-electron chi connectivity index (χ1n) is 4.11. The van der Waals surface area contributed by atoms with Gasteiger partial charge in [0, 0.05) is 0 Å². The van der Waals surface area contributed by atoms with E-state index in [1.54, 1.807) is 22.6 Å². The summed E-state index contributed by atoms with van der Waals surface area (Å²) in [5.41, 5.74) is 0. The van der Waals surface area contributed by atoms with E-state index in [4.69, 9.17) is 0 Å². The highest BCUT2D eigenvalue weighted by Crippen LogP contribution is 2.49. The lowest BCUT2D eigenvalue weighted by Crippen LogP contribution is -2.41. The van der Waals surface area contributed by atoms with Crippen LogP contribution >= 0.6 is 22.6 Å². The zero-order valence-corrected chi connectivity index (χ0v) is 9.08. The summed E-state index contributed by atoms with van der Waals surface area (Å²) in [5.74, 6) is -0.168. The summed E-state index contributed by atoms with van der Waals surface area (Å²) in [6, 6.07) is 0. The Balaban J connectivity index is 2.69. The van der Waals surface area contributed by atoms with Crippen LogP contribution in [0.15, 0.2) is 0 Å². The topological polar surface area (TPSA) is 0 Å². The van der Waals surface area contributed by atoms with E-state index in [2.05, 4.69) is 0 Å². The summed E-state index contributed by atoms with van der Waals surface area (Å²) in [6.07, 6.45) is -0.668. The molecular weight excluding hydrogens is 280 g/mol. The molecule has 1 saturated carbocycles. The van der Waals surface area contributed by atoms with Gasteiger partial charge in [-0.2, -0.15) is 13.2 Å². The lowest BCUT2D eigenvalue weighted by Gasteiger charge is -2.31. The Labute approximate surface area is 84.0 Å². The minimum atomic E-state index is -4.05. The van der Waals surface area contributed by atoms with Gasteiger partial charge in [-0.25, -0.2) is 0 Å². The smallest absolute Gasteiger partial charge is 0.170 e. The minimum Gasteiger partial charge on any atom is -0.170 e. The van der Waals surface area contributed by atoms with Crippen molar-refractivity contribution in [3.63, 3.8) is 0 Å². The van der Waals surface area contributed by atoms with E-state index in [-0.39, 0.29) is 5.92 Å². The highest BCUT2D eigenvalue weighted by atomic mass is 127. The monoisotopic (exact) mass is 292 g/mol. The van der Waals surface area contributed by atoms with E-state index in [1.807, 2.05) is 0 Å². The molecule has 0 radical (unpaired) electrons. The molecule has 72 valence electrons. The van der Waals surface area contributed by atoms with Crippen LogP contribution in [0.25, 0.3) is 0 Å². The summed E-state index contributed by atoms with van der Waals surface area (Å²) in [6.45, 7) is 1.31. The molecule has 0 aromatic carbocycles. The van der Waals surface area contributed by atoms with Crippen molar-refractivity contribution in [3.05, 3.63) is 0 Å². The van der Waals surface area contributed by atoms with Gasteiger partial charge in [0.2, 0.25) is 0 Å². The van der Waals surface area contributed by atoms with Crippen molar-refractivity contribution in [3.8, 4) is 0 Å². The van der Waals surface area contributed by atoms with Gasteiger partial charge < -0.3 is 0 Å². The molecule has 0 aromatic rings. The van der Waals surface area contributed by atoms with Crippen molar-refractivity contribution in [2.45, 2.75) is 42.2 Å². The van der Waals surface area contributed by atoms with Gasteiger partial charge in [-0.3, -0.25) is 0 Å². The largest absolute Gasteiger partial charge is 0.403 e. The first kappa shape index (κ1) is 10.6. The van der Waals surface area contributed by atoms with E-state index >= 15 is 0 Å². The van der Waals surface area contributed by atoms with Crippen LogP contribution in [-0.2, 0) is 0 Å². The Morgan fingerprint density at radius 1 is 1.17 bits per heavy atom. The molecule has 0 bridgehead atoms. The van der Waals surface area contributed by atoms with Crippen LogP contribution in [0.5, 0.6) is 0 Å². The average molecular weight is 292 g/mol. The molecule has 12 heavy (non-hydrogen) atoms. The van der Waals surface area contributed by atoms with Crippen LogP contribution in [0.2, 0.25) is 0 Å². The first-order valence-corrected chi connectivity index (χ1v) is 5.19. The molecule has 0 N–H and O–H groups in total. The molecule has 0 aliphatic heterocycles. The van der Waals surface area contributed by atoms with E-state index in [0.717, 1.165) is 25.7 Å². The molecule has 0 heterocycles. The Hall–Kier alpha value is 0.520. The Bertz CT molecular complexity index is 156. The van der Waals surface area contributed by atoms with Gasteiger partial charge in [-0.05, 0) is 25.7 Å². The highest BCUT2D eigenvalue weighted by molar-refractivity contribution is 14.1. The lowest BCUT2D eigenvalue weighted by atomic mass is 9.92. The van der Waals surface area contributed by atoms with Crippen molar-refractivity contribution in [1.29, 1.82) is 0 Å². The SMILES string of the molecule is CC(I)(C1CCCC1)C(F)(F)F. The lowest BCUT2D eigenvalue weighted by molar-refractivity contribution is -0.161. The molecule has 1 aliphatic rings. The molecule has 0 aromatic heterocycles. The Kier molecular flexibility index (Phi) is 2.96. The van der Waals surface area contributed by atoms with Crippen molar-refractivity contribution in [2.24, 2.45) is 5.92 Å². The first-order chi connectivity index (χ1) is 5.36. The van der Waals surface area contributed by atoms with Gasteiger partial charge in [-0.15, -0.1) is 0 Å². The summed E-state index contributed by atoms with van der Waals surface area (Å²) < 4.78 is 35.9. The number of hydrogen-bond acceptors (Lipinski definition) is 0. The molecule has 0 saturated heterocycles. The van der Waals surface area contributed by atoms with E-state index in [0.29, 0.717) is 0 Å². The second-order valence-electron chi connectivity index (χ2n) is 3.55. The number of halogens is 4. The Morgan fingerprint density at radius 3 is 1.92 bits per heavy atom. The standard InChI is InChI=1S/C8H12F3I/c1-7(12,8(9,10)11)6-4-2-3-5-6/h6H,2-5H2,1H3. The molecule has 1 aliphatic carbocycles. The van der Waals surface area contributed by atoms with Crippen molar-refractivity contribution in [2.75, 3.05) is 0 Å². The van der Waals surface area contributed by atoms with E-state index < -0.39 is 9.60 Å². The van der Waals surface area contributed by atoms with Crippen LogP contribution in [0.4, 0.5) is 13.2 Å². The molecule has 1 atom stereocenters. The zero-order valence-electron chi connectivity index (χ0n) is 6.92. The van der Waals surface area contributed by atoms with Crippen LogP contribution < -0.4 is 0 Å². The van der Waals surface area contributed by atoms with Gasteiger partial charge in [0.15, 0.2) is 0 Å². The van der Waals surface area contributed by atoms with E-state index in [1.165, 1.54) is 6.92 Å². The molecule has 1 fully saturated rings. The van der Waals surface area contributed by atoms with Gasteiger partial charge >= 0.3 is 6.18 Å². The summed E-state index contributed by atoms with van der Waals surface area (Å²) >= 11 is 1.56. The quantitative estimate of drug-likeness (QED) is 0.507. The van der Waals surface area contributed by atoms with Crippen molar-refractivity contribution >= 4 is 22.6 Å². The Morgan fingerprint density at radius 2 is 1.58 bits per heavy atom. The summed E-state index contributed by atoms with van der Waals surface area (Å²) in [5, 5.41) is 0. The molecule has 1 rings (SSSR count). The molecule has 0 spiro atoms. The predicted octanol–water partition coefficient (Wildman–Crippen LogP) is 3.93. The molecule has 1 unspecified atom stereocenters. The summed E-state index contributed by atoms with van der Waals surface area (Å²) in [7, 11) is 0. The van der Waals surface area contributed by atoms with Crippen molar-refractivity contribution in [1.82, 2.24) is 0 Å². The molecule has 4 heteroatoms. The molecule has 0 nitrogen and oxygen atoms in total. The third-order valence-corrected chi connectivity index (χ3v) is 4.17. The van der Waals surface area contributed by atoms with Gasteiger partial charge in [-0.1, -0.05) is 35.4 Å². The number of hydrogen-bond donors (Lipinski definition) is 0. The van der Waals surface area contributed by atoms with Crippen molar-refractivity contribution < 1.29 is 13.2 Å². The third-order valence-electron chi connectivity index (χ3n) is 2.68. The molecular formula is C8H12F3I. The molecule has 0 amide bonds. The fourth-order valence-electron chi connectivity index (χ4n) is 1.70. The van der Waals surface area contributed by atoms with Crippen LogP contribution in [-0.4, -0.2) is 9.60 Å². The maximum atomic E-state index is 12.5. The van der Waals surface area contributed by atoms with E-state index in [9.17, 15) is 13.2 Å². The van der Waals surface area contributed by atoms with Gasteiger partial charge in [0.1, 0.15) is 3.42 Å². The fraction of sp³-hybridized carbons (Fsp3) is 1.00. The normalized spacial score (nSPS) is 25.8. The maximum Gasteiger partial charge on any atom is 0.403 e. The summed E-state index contributed by atoms with van der Waals surface area (Å²) in [4.78, 5) is 0. The second kappa shape index (κ2) is 3.35. The fourth-order valence-corrected chi connectivity index (χ4v) is 2.32. The number of rotatable bonds is 1. The predicted molar refractivity (Wildman–Crippen MR) is 50.4 cm³/mol. The van der Waals surface area contributed by atoms with Gasteiger partial charge in [0.05, 0.1) is 0 Å². The zero-order chi connectivity index (χ0) is 9.41. The number of alkyl halides is 4. The van der Waals surface area contributed by atoms with Crippen LogP contribution in [0.3, 0.4) is 0 Å². The second-order valence-corrected chi connectivity index (χ2v) is 5.80. The highest BCUT2D eigenvalue weighted by Gasteiger charge is 2.54. The maximum absolute atomic E-state index is 12.5. The van der Waals surface area contributed by atoms with Crippen LogP contribution in [0.1, 0.15) is 32.6 Å². The third kappa shape index (κ3) is 1.88.